The van der Waals surface area contributed by atoms with Crippen molar-refractivity contribution >= 4 is 45.6 Å². The minimum absolute atomic E-state index is 0.154. The summed E-state index contributed by atoms with van der Waals surface area (Å²) in [7, 11) is 0. The van der Waals surface area contributed by atoms with E-state index in [2.05, 4.69) is 20.3 Å². The molecule has 33 heavy (non-hydrogen) atoms. The van der Waals surface area contributed by atoms with Gasteiger partial charge in [-0.15, -0.1) is 11.3 Å². The Balaban J connectivity index is 1.22. The van der Waals surface area contributed by atoms with E-state index in [4.69, 9.17) is 16.3 Å². The third-order valence-corrected chi connectivity index (χ3v) is 6.02. The van der Waals surface area contributed by atoms with Crippen molar-refractivity contribution in [2.75, 3.05) is 11.9 Å². The minimum atomic E-state index is -0.303. The van der Waals surface area contributed by atoms with Gasteiger partial charge in [0.1, 0.15) is 11.6 Å². The summed E-state index contributed by atoms with van der Waals surface area (Å²) in [6, 6.07) is 16.0. The number of H-pyrrole nitrogens is 1. The first kappa shape index (κ1) is 20.9. The number of aromatic nitrogens is 4. The largest absolute Gasteiger partial charge is 0.484 e. The lowest BCUT2D eigenvalue weighted by molar-refractivity contribution is -0.118. The fraction of sp³-hybridized carbons (Fsp3) is 0.0435. The number of rotatable bonds is 6. The van der Waals surface area contributed by atoms with Crippen LogP contribution in [0.15, 0.2) is 78.0 Å². The second-order valence-electron chi connectivity index (χ2n) is 7.04. The summed E-state index contributed by atoms with van der Waals surface area (Å²) < 4.78 is 7.81. The SMILES string of the molecule is O=C(COc1ccc2nc(-c3ccc(Cl)s3)[nH]c2c1)Nc1ccc(-n2ccncc2=O)cc1. The fourth-order valence-electron chi connectivity index (χ4n) is 3.25. The lowest BCUT2D eigenvalue weighted by atomic mass is 10.2. The van der Waals surface area contributed by atoms with Crippen molar-refractivity contribution in [3.8, 4) is 22.1 Å². The van der Waals surface area contributed by atoms with E-state index in [1.54, 1.807) is 42.6 Å². The van der Waals surface area contributed by atoms with Gasteiger partial charge in [-0.3, -0.25) is 19.1 Å². The molecule has 0 unspecified atom stereocenters. The molecule has 1 amide bonds. The van der Waals surface area contributed by atoms with E-state index in [-0.39, 0.29) is 18.1 Å². The molecular weight excluding hydrogens is 462 g/mol. The number of halogens is 1. The monoisotopic (exact) mass is 477 g/mol. The minimum Gasteiger partial charge on any atom is -0.484 e. The topological polar surface area (TPSA) is 102 Å². The van der Waals surface area contributed by atoms with Crippen LogP contribution in [0.2, 0.25) is 4.34 Å². The highest BCUT2D eigenvalue weighted by Crippen LogP contribution is 2.31. The van der Waals surface area contributed by atoms with E-state index in [1.165, 1.54) is 28.3 Å². The van der Waals surface area contributed by atoms with Gasteiger partial charge in [0.05, 0.1) is 26.4 Å². The molecule has 3 aromatic heterocycles. The van der Waals surface area contributed by atoms with Gasteiger partial charge in [-0.1, -0.05) is 11.6 Å². The highest BCUT2D eigenvalue weighted by Gasteiger charge is 2.10. The molecule has 0 saturated heterocycles. The zero-order valence-corrected chi connectivity index (χ0v) is 18.6. The number of imidazole rings is 1. The summed E-state index contributed by atoms with van der Waals surface area (Å²) in [6.45, 7) is -0.154. The number of aromatic amines is 1. The van der Waals surface area contributed by atoms with E-state index in [9.17, 15) is 9.59 Å². The van der Waals surface area contributed by atoms with E-state index in [1.807, 2.05) is 18.2 Å². The molecule has 0 atom stereocenters. The number of anilines is 1. The third kappa shape index (κ3) is 4.64. The van der Waals surface area contributed by atoms with E-state index >= 15 is 0 Å². The summed E-state index contributed by atoms with van der Waals surface area (Å²) in [5.74, 6) is 0.973. The molecule has 2 aromatic carbocycles. The molecule has 164 valence electrons. The van der Waals surface area contributed by atoms with Gasteiger partial charge in [0.2, 0.25) is 0 Å². The summed E-state index contributed by atoms with van der Waals surface area (Å²) in [4.78, 5) is 36.7. The molecule has 5 rings (SSSR count). The van der Waals surface area contributed by atoms with Crippen LogP contribution >= 0.6 is 22.9 Å². The van der Waals surface area contributed by atoms with Crippen molar-refractivity contribution in [1.82, 2.24) is 19.5 Å². The zero-order valence-electron chi connectivity index (χ0n) is 17.0. The number of thiophene rings is 1. The van der Waals surface area contributed by atoms with Crippen LogP contribution in [0.4, 0.5) is 5.69 Å². The molecule has 0 aliphatic heterocycles. The molecule has 0 aliphatic rings. The summed E-state index contributed by atoms with van der Waals surface area (Å²) >= 11 is 7.45. The van der Waals surface area contributed by atoms with Gasteiger partial charge in [0.25, 0.3) is 11.5 Å². The molecule has 0 radical (unpaired) electrons. The number of amides is 1. The van der Waals surface area contributed by atoms with Crippen molar-refractivity contribution in [1.29, 1.82) is 0 Å². The van der Waals surface area contributed by atoms with Crippen LogP contribution in [0.5, 0.6) is 5.75 Å². The van der Waals surface area contributed by atoms with Crippen LogP contribution in [0.25, 0.3) is 27.4 Å². The second-order valence-corrected chi connectivity index (χ2v) is 8.75. The van der Waals surface area contributed by atoms with Crippen LogP contribution in [0, 0.1) is 0 Å². The first-order valence-corrected chi connectivity index (χ1v) is 11.1. The second kappa shape index (κ2) is 8.89. The van der Waals surface area contributed by atoms with Gasteiger partial charge in [0, 0.05) is 29.8 Å². The lowest BCUT2D eigenvalue weighted by Crippen LogP contribution is -2.20. The molecule has 8 nitrogen and oxygen atoms in total. The number of carbonyl (C=O) groups is 1. The Bertz CT molecular complexity index is 1510. The molecule has 0 spiro atoms. The molecule has 0 saturated carbocycles. The molecule has 10 heteroatoms. The Hall–Kier alpha value is -3.95. The highest BCUT2D eigenvalue weighted by molar-refractivity contribution is 7.19. The summed E-state index contributed by atoms with van der Waals surface area (Å²) in [5.41, 5.74) is 2.63. The van der Waals surface area contributed by atoms with E-state index in [0.29, 0.717) is 21.5 Å². The molecule has 5 aromatic rings. The summed E-state index contributed by atoms with van der Waals surface area (Å²) in [5, 5.41) is 2.78. The molecule has 3 heterocycles. The Kier molecular flexibility index (Phi) is 5.64. The molecule has 2 N–H and O–H groups in total. The van der Waals surface area contributed by atoms with Crippen LogP contribution < -0.4 is 15.6 Å². The highest BCUT2D eigenvalue weighted by atomic mass is 35.5. The number of benzene rings is 2. The normalized spacial score (nSPS) is 10.9. The van der Waals surface area contributed by atoms with Gasteiger partial charge < -0.3 is 15.0 Å². The van der Waals surface area contributed by atoms with Crippen LogP contribution in [-0.4, -0.2) is 32.0 Å². The smallest absolute Gasteiger partial charge is 0.273 e. The van der Waals surface area contributed by atoms with Crippen LogP contribution in [-0.2, 0) is 4.79 Å². The van der Waals surface area contributed by atoms with Gasteiger partial charge in [-0.25, -0.2) is 4.98 Å². The molecule has 0 aliphatic carbocycles. The number of hydrogen-bond acceptors (Lipinski definition) is 6. The van der Waals surface area contributed by atoms with E-state index < -0.39 is 0 Å². The van der Waals surface area contributed by atoms with Crippen molar-refractivity contribution in [2.24, 2.45) is 0 Å². The quantitative estimate of drug-likeness (QED) is 0.374. The third-order valence-electron chi connectivity index (χ3n) is 4.78. The van der Waals surface area contributed by atoms with Gasteiger partial charge >= 0.3 is 0 Å². The number of nitrogens with one attached hydrogen (secondary N) is 2. The van der Waals surface area contributed by atoms with Crippen LogP contribution in [0.3, 0.4) is 0 Å². The maximum Gasteiger partial charge on any atom is 0.273 e. The molecular formula is C23H16ClN5O3S. The predicted molar refractivity (Wildman–Crippen MR) is 128 cm³/mol. The van der Waals surface area contributed by atoms with Crippen molar-refractivity contribution in [2.45, 2.75) is 0 Å². The maximum absolute atomic E-state index is 12.3. The Morgan fingerprint density at radius 3 is 2.76 bits per heavy atom. The van der Waals surface area contributed by atoms with Crippen LogP contribution in [0.1, 0.15) is 0 Å². The van der Waals surface area contributed by atoms with Gasteiger partial charge in [0.15, 0.2) is 6.61 Å². The average Bonchev–Trinajstić information content (AvgIpc) is 3.44. The van der Waals surface area contributed by atoms with Gasteiger partial charge in [-0.2, -0.15) is 0 Å². The first-order valence-electron chi connectivity index (χ1n) is 9.86. The molecule has 0 bridgehead atoms. The zero-order chi connectivity index (χ0) is 22.8. The van der Waals surface area contributed by atoms with Crippen molar-refractivity contribution in [3.05, 3.63) is 87.9 Å². The Morgan fingerprint density at radius 1 is 1.15 bits per heavy atom. The number of fused-ring (bicyclic) bond motifs is 1. The Labute approximate surface area is 196 Å². The van der Waals surface area contributed by atoms with E-state index in [0.717, 1.165) is 21.7 Å². The number of ether oxygens (including phenoxy) is 1. The standard InChI is InChI=1S/C23H16ClN5O3S/c24-20-8-7-19(33-20)23-27-17-6-5-16(11-18(17)28-23)32-13-21(30)26-14-1-3-15(4-2-14)29-10-9-25-12-22(29)31/h1-12H,13H2,(H,26,30)(H,27,28). The average molecular weight is 478 g/mol. The summed E-state index contributed by atoms with van der Waals surface area (Å²) in [6.07, 6.45) is 4.36. The number of nitrogens with zero attached hydrogens (tertiary/aromatic N) is 3. The fourth-order valence-corrected chi connectivity index (χ4v) is 4.24. The number of carbonyl (C=O) groups excluding carboxylic acids is 1. The first-order chi connectivity index (χ1) is 16.0. The Morgan fingerprint density at radius 2 is 2.00 bits per heavy atom. The van der Waals surface area contributed by atoms with Crippen molar-refractivity contribution < 1.29 is 9.53 Å². The van der Waals surface area contributed by atoms with Gasteiger partial charge in [-0.05, 0) is 48.5 Å². The van der Waals surface area contributed by atoms with Crippen molar-refractivity contribution in [3.63, 3.8) is 0 Å². The number of hydrogen-bond donors (Lipinski definition) is 2. The maximum atomic E-state index is 12.3. The predicted octanol–water partition coefficient (Wildman–Crippen LogP) is 4.51. The molecule has 0 fully saturated rings. The lowest BCUT2D eigenvalue weighted by Gasteiger charge is -2.09.